The molecule has 43 heavy (non-hydrogen) atoms. The molecule has 3 aromatic rings. The highest BCUT2D eigenvalue weighted by Gasteiger charge is 2.25. The Kier molecular flexibility index (Phi) is 10.4. The zero-order chi connectivity index (χ0) is 30.9. The van der Waals surface area contributed by atoms with Crippen molar-refractivity contribution in [3.05, 3.63) is 66.0 Å². The largest absolute Gasteiger partial charge is 0.497 e. The van der Waals surface area contributed by atoms with Crippen LogP contribution < -0.4 is 29.6 Å². The number of hydrogen-bond acceptors (Lipinski definition) is 8. The van der Waals surface area contributed by atoms with Gasteiger partial charge in [-0.25, -0.2) is 0 Å². The summed E-state index contributed by atoms with van der Waals surface area (Å²) in [6.07, 6.45) is 3.52. The standard InChI is InChI=1S/C32H38N4O7/c1-20(2)11-27-32(39)34-9-10-36(29(37)19-43-25-8-6-7-24(15-25)40-3)18-21-12-26(30(42-5)28(13-21)41-4)22-14-23(17-33-16-22)31(38)35-27/h6-8,12-17,20,27H,9-11,18-19H2,1-5H3,(H,34,39)(H,35,38)/t27-/m1/s1. The number of fused-ring (bicyclic) bond motifs is 5. The van der Waals surface area contributed by atoms with Crippen LogP contribution in [0.4, 0.5) is 0 Å². The molecule has 1 aliphatic rings. The first-order chi connectivity index (χ1) is 20.7. The van der Waals surface area contributed by atoms with Gasteiger partial charge in [-0.2, -0.15) is 0 Å². The van der Waals surface area contributed by atoms with Gasteiger partial charge in [0.2, 0.25) is 5.91 Å². The normalized spacial score (nSPS) is 15.5. The van der Waals surface area contributed by atoms with Crippen molar-refractivity contribution in [2.75, 3.05) is 41.0 Å². The van der Waals surface area contributed by atoms with Gasteiger partial charge in [0.05, 0.1) is 26.9 Å². The maximum absolute atomic E-state index is 13.5. The Bertz CT molecular complexity index is 1460. The molecule has 1 aromatic heterocycles. The van der Waals surface area contributed by atoms with E-state index in [1.54, 1.807) is 54.6 Å². The highest BCUT2D eigenvalue weighted by atomic mass is 16.5. The minimum absolute atomic E-state index is 0.146. The quantitative estimate of drug-likeness (QED) is 0.408. The van der Waals surface area contributed by atoms with E-state index in [0.717, 1.165) is 5.56 Å². The van der Waals surface area contributed by atoms with E-state index in [4.69, 9.17) is 18.9 Å². The number of amides is 3. The van der Waals surface area contributed by atoms with Crippen LogP contribution in [0, 0.1) is 5.92 Å². The van der Waals surface area contributed by atoms with Crippen LogP contribution in [0.5, 0.6) is 23.0 Å². The summed E-state index contributed by atoms with van der Waals surface area (Å²) >= 11 is 0. The zero-order valence-electron chi connectivity index (χ0n) is 25.1. The second kappa shape index (κ2) is 14.4. The molecule has 228 valence electrons. The maximum atomic E-state index is 13.5. The first-order valence-corrected chi connectivity index (χ1v) is 14.1. The van der Waals surface area contributed by atoms with Gasteiger partial charge >= 0.3 is 0 Å². The molecule has 0 fully saturated rings. The molecule has 11 heteroatoms. The minimum atomic E-state index is -0.766. The molecule has 1 aliphatic heterocycles. The molecule has 1 atom stereocenters. The number of nitrogens with zero attached hydrogens (tertiary/aromatic N) is 2. The second-order valence-electron chi connectivity index (χ2n) is 10.6. The third-order valence-corrected chi connectivity index (χ3v) is 6.99. The highest BCUT2D eigenvalue weighted by Crippen LogP contribution is 2.39. The Morgan fingerprint density at radius 2 is 1.77 bits per heavy atom. The van der Waals surface area contributed by atoms with Crippen molar-refractivity contribution in [1.82, 2.24) is 20.5 Å². The van der Waals surface area contributed by atoms with Gasteiger partial charge in [-0.3, -0.25) is 19.4 Å². The third kappa shape index (κ3) is 7.94. The van der Waals surface area contributed by atoms with Gasteiger partial charge in [-0.1, -0.05) is 19.9 Å². The lowest BCUT2D eigenvalue weighted by Crippen LogP contribution is -2.49. The van der Waals surface area contributed by atoms with E-state index in [1.807, 2.05) is 19.9 Å². The average molecular weight is 591 g/mol. The van der Waals surface area contributed by atoms with Crippen molar-refractivity contribution in [3.8, 4) is 34.1 Å². The summed E-state index contributed by atoms with van der Waals surface area (Å²) in [6.45, 7) is 4.30. The number of carbonyl (C=O) groups is 3. The summed E-state index contributed by atoms with van der Waals surface area (Å²) in [7, 11) is 4.63. The van der Waals surface area contributed by atoms with Crippen molar-refractivity contribution in [2.45, 2.75) is 32.9 Å². The van der Waals surface area contributed by atoms with Crippen LogP contribution >= 0.6 is 0 Å². The molecule has 0 spiro atoms. The fraction of sp³-hybridized carbons (Fsp3) is 0.375. The molecular weight excluding hydrogens is 552 g/mol. The molecule has 3 amide bonds. The highest BCUT2D eigenvalue weighted by molar-refractivity contribution is 5.98. The van der Waals surface area contributed by atoms with Gasteiger partial charge in [0.15, 0.2) is 18.1 Å². The molecule has 0 saturated heterocycles. The lowest BCUT2D eigenvalue weighted by molar-refractivity contribution is -0.134. The number of benzene rings is 2. The molecule has 4 bridgehead atoms. The van der Waals surface area contributed by atoms with Crippen molar-refractivity contribution in [2.24, 2.45) is 5.92 Å². The van der Waals surface area contributed by atoms with Crippen molar-refractivity contribution in [1.29, 1.82) is 0 Å². The molecule has 2 heterocycles. The molecule has 0 saturated carbocycles. The molecular formula is C32H38N4O7. The van der Waals surface area contributed by atoms with E-state index in [-0.39, 0.29) is 44.0 Å². The molecule has 2 N–H and O–H groups in total. The summed E-state index contributed by atoms with van der Waals surface area (Å²) in [5, 5.41) is 5.75. The summed E-state index contributed by atoms with van der Waals surface area (Å²) in [5.74, 6) is 1.14. The molecule has 0 radical (unpaired) electrons. The fourth-order valence-corrected chi connectivity index (χ4v) is 4.86. The Morgan fingerprint density at radius 3 is 2.49 bits per heavy atom. The summed E-state index contributed by atoms with van der Waals surface area (Å²) in [5.41, 5.74) is 2.30. The third-order valence-electron chi connectivity index (χ3n) is 6.99. The monoisotopic (exact) mass is 590 g/mol. The van der Waals surface area contributed by atoms with E-state index in [9.17, 15) is 14.4 Å². The number of methoxy groups -OCH3 is 3. The van der Waals surface area contributed by atoms with E-state index in [1.165, 1.54) is 20.4 Å². The van der Waals surface area contributed by atoms with Crippen LogP contribution in [0.15, 0.2) is 54.9 Å². The van der Waals surface area contributed by atoms with Crippen molar-refractivity contribution >= 4 is 17.7 Å². The van der Waals surface area contributed by atoms with Crippen LogP contribution in [-0.4, -0.2) is 74.7 Å². The van der Waals surface area contributed by atoms with Crippen molar-refractivity contribution < 1.29 is 33.3 Å². The van der Waals surface area contributed by atoms with Crippen LogP contribution in [0.25, 0.3) is 11.1 Å². The summed E-state index contributed by atoms with van der Waals surface area (Å²) < 4.78 is 22.4. The number of aromatic nitrogens is 1. The van der Waals surface area contributed by atoms with Crippen LogP contribution in [0.3, 0.4) is 0 Å². The number of rotatable bonds is 8. The Morgan fingerprint density at radius 1 is 1.00 bits per heavy atom. The van der Waals surface area contributed by atoms with E-state index < -0.39 is 11.9 Å². The first-order valence-electron chi connectivity index (χ1n) is 14.1. The number of pyridine rings is 1. The minimum Gasteiger partial charge on any atom is -0.497 e. The van der Waals surface area contributed by atoms with E-state index in [2.05, 4.69) is 15.6 Å². The van der Waals surface area contributed by atoms with Gasteiger partial charge in [0.1, 0.15) is 17.5 Å². The fourth-order valence-electron chi connectivity index (χ4n) is 4.86. The number of hydrogen-bond donors (Lipinski definition) is 2. The number of carbonyl (C=O) groups excluding carboxylic acids is 3. The molecule has 11 nitrogen and oxygen atoms in total. The molecule has 0 aliphatic carbocycles. The van der Waals surface area contributed by atoms with Crippen molar-refractivity contribution in [3.63, 3.8) is 0 Å². The summed E-state index contributed by atoms with van der Waals surface area (Å²) in [4.78, 5) is 45.9. The van der Waals surface area contributed by atoms with Crippen LogP contribution in [0.1, 0.15) is 36.2 Å². The smallest absolute Gasteiger partial charge is 0.260 e. The van der Waals surface area contributed by atoms with Gasteiger partial charge in [0, 0.05) is 49.2 Å². The Hall–Kier alpha value is -4.80. The predicted molar refractivity (Wildman–Crippen MR) is 160 cm³/mol. The number of nitrogens with one attached hydrogen (secondary N) is 2. The molecule has 0 unspecified atom stereocenters. The van der Waals surface area contributed by atoms with Gasteiger partial charge in [-0.15, -0.1) is 0 Å². The zero-order valence-corrected chi connectivity index (χ0v) is 25.1. The van der Waals surface area contributed by atoms with E-state index in [0.29, 0.717) is 46.1 Å². The average Bonchev–Trinajstić information content (AvgIpc) is 3.01. The Balaban J connectivity index is 1.72. The van der Waals surface area contributed by atoms with E-state index >= 15 is 0 Å². The predicted octanol–water partition coefficient (Wildman–Crippen LogP) is 3.46. The topological polar surface area (TPSA) is 128 Å². The van der Waals surface area contributed by atoms with Crippen LogP contribution in [-0.2, 0) is 16.1 Å². The summed E-state index contributed by atoms with van der Waals surface area (Å²) in [6, 6.07) is 11.6. The Labute approximate surface area is 251 Å². The lowest BCUT2D eigenvalue weighted by atomic mass is 10.00. The maximum Gasteiger partial charge on any atom is 0.260 e. The number of ether oxygens (including phenoxy) is 4. The van der Waals surface area contributed by atoms with Gasteiger partial charge < -0.3 is 34.5 Å². The van der Waals surface area contributed by atoms with Gasteiger partial charge in [0.25, 0.3) is 11.8 Å². The van der Waals surface area contributed by atoms with Gasteiger partial charge in [-0.05, 0) is 48.2 Å². The molecule has 2 aromatic carbocycles. The SMILES string of the molecule is COc1cccc(OCC(=O)N2CCNC(=O)[C@@H](CC(C)C)NC(=O)c3cncc(c3)-c3cc(cc(OC)c3OC)C2)c1. The first kappa shape index (κ1) is 31.1. The van der Waals surface area contributed by atoms with Crippen LogP contribution in [0.2, 0.25) is 0 Å². The lowest BCUT2D eigenvalue weighted by Gasteiger charge is -2.25. The second-order valence-corrected chi connectivity index (χ2v) is 10.6. The molecule has 4 rings (SSSR count).